The maximum Gasteiger partial charge on any atom is 0.153 e. The van der Waals surface area contributed by atoms with Crippen LogP contribution in [0.2, 0.25) is 5.02 Å². The minimum atomic E-state index is 0.489. The Morgan fingerprint density at radius 1 is 1.50 bits per heavy atom. The highest BCUT2D eigenvalue weighted by molar-refractivity contribution is 6.33. The average molecular weight is 242 g/mol. The summed E-state index contributed by atoms with van der Waals surface area (Å²) in [6.07, 6.45) is 0.799. The quantitative estimate of drug-likeness (QED) is 0.717. The van der Waals surface area contributed by atoms with Crippen molar-refractivity contribution < 1.29 is 9.53 Å². The van der Waals surface area contributed by atoms with Crippen LogP contribution in [0.4, 0.5) is 5.69 Å². The second kappa shape index (κ2) is 6.51. The first kappa shape index (κ1) is 13.0. The maximum atomic E-state index is 11.0. The number of benzene rings is 1. The van der Waals surface area contributed by atoms with Crippen molar-refractivity contribution in [2.24, 2.45) is 0 Å². The van der Waals surface area contributed by atoms with Crippen molar-refractivity contribution in [3.8, 4) is 0 Å². The number of likely N-dealkylation sites (N-methyl/N-ethyl adjacent to an activating group) is 1. The maximum absolute atomic E-state index is 11.0. The molecule has 0 bridgehead atoms. The molecule has 88 valence electrons. The molecule has 0 aliphatic heterocycles. The number of hydrogen-bond acceptors (Lipinski definition) is 3. The van der Waals surface area contributed by atoms with Crippen LogP contribution in [0.25, 0.3) is 0 Å². The molecule has 0 heterocycles. The predicted molar refractivity (Wildman–Crippen MR) is 66.6 cm³/mol. The highest BCUT2D eigenvalue weighted by Gasteiger charge is 2.11. The van der Waals surface area contributed by atoms with E-state index in [0.717, 1.165) is 25.1 Å². The standard InChI is InChI=1S/C12H16ClNO2/c1-3-14(7-8-16-2)12-6-4-5-11(13)10(12)9-15/h4-6,9H,3,7-8H2,1-2H3. The summed E-state index contributed by atoms with van der Waals surface area (Å²) in [5, 5.41) is 0.489. The molecule has 0 saturated heterocycles. The molecule has 0 radical (unpaired) electrons. The van der Waals surface area contributed by atoms with E-state index >= 15 is 0 Å². The van der Waals surface area contributed by atoms with Crippen molar-refractivity contribution >= 4 is 23.6 Å². The number of carbonyl (C=O) groups excluding carboxylic acids is 1. The molecule has 0 spiro atoms. The summed E-state index contributed by atoms with van der Waals surface area (Å²) in [4.78, 5) is 13.1. The minimum Gasteiger partial charge on any atom is -0.383 e. The number of aldehydes is 1. The molecule has 1 aromatic carbocycles. The van der Waals surface area contributed by atoms with Gasteiger partial charge in [0.25, 0.3) is 0 Å². The van der Waals surface area contributed by atoms with Gasteiger partial charge in [0, 0.05) is 25.9 Å². The lowest BCUT2D eigenvalue weighted by Crippen LogP contribution is -2.27. The van der Waals surface area contributed by atoms with Gasteiger partial charge in [-0.3, -0.25) is 4.79 Å². The first-order chi connectivity index (χ1) is 7.74. The molecule has 1 aromatic rings. The van der Waals surface area contributed by atoms with E-state index in [1.165, 1.54) is 0 Å². The van der Waals surface area contributed by atoms with Crippen LogP contribution < -0.4 is 4.90 Å². The van der Waals surface area contributed by atoms with Gasteiger partial charge in [0.15, 0.2) is 6.29 Å². The summed E-state index contributed by atoms with van der Waals surface area (Å²) in [6, 6.07) is 5.47. The van der Waals surface area contributed by atoms with Crippen LogP contribution in [-0.4, -0.2) is 33.1 Å². The summed E-state index contributed by atoms with van der Waals surface area (Å²) in [5.41, 5.74) is 1.41. The number of halogens is 1. The summed E-state index contributed by atoms with van der Waals surface area (Å²) in [7, 11) is 1.66. The van der Waals surface area contributed by atoms with Crippen LogP contribution in [0.15, 0.2) is 18.2 Å². The van der Waals surface area contributed by atoms with Gasteiger partial charge in [0.05, 0.1) is 17.2 Å². The Bertz CT molecular complexity index is 355. The third-order valence-electron chi connectivity index (χ3n) is 2.44. The number of rotatable bonds is 6. The van der Waals surface area contributed by atoms with Crippen molar-refractivity contribution in [2.45, 2.75) is 6.92 Å². The van der Waals surface area contributed by atoms with Gasteiger partial charge in [0.2, 0.25) is 0 Å². The lowest BCUT2D eigenvalue weighted by Gasteiger charge is -2.24. The van der Waals surface area contributed by atoms with Crippen molar-refractivity contribution in [1.29, 1.82) is 0 Å². The van der Waals surface area contributed by atoms with Gasteiger partial charge < -0.3 is 9.64 Å². The number of carbonyl (C=O) groups is 1. The molecule has 0 aliphatic rings. The van der Waals surface area contributed by atoms with Gasteiger partial charge in [-0.1, -0.05) is 17.7 Å². The van der Waals surface area contributed by atoms with Gasteiger partial charge in [-0.25, -0.2) is 0 Å². The molecule has 16 heavy (non-hydrogen) atoms. The molecule has 0 amide bonds. The summed E-state index contributed by atoms with van der Waals surface area (Å²) < 4.78 is 5.04. The molecule has 0 fully saturated rings. The molecule has 4 heteroatoms. The molecule has 0 N–H and O–H groups in total. The first-order valence-electron chi connectivity index (χ1n) is 5.22. The Hall–Kier alpha value is -1.06. The van der Waals surface area contributed by atoms with E-state index in [4.69, 9.17) is 16.3 Å². The van der Waals surface area contributed by atoms with Crippen molar-refractivity contribution in [3.05, 3.63) is 28.8 Å². The monoisotopic (exact) mass is 241 g/mol. The van der Waals surface area contributed by atoms with Crippen molar-refractivity contribution in [3.63, 3.8) is 0 Å². The van der Waals surface area contributed by atoms with Gasteiger partial charge in [-0.15, -0.1) is 0 Å². The topological polar surface area (TPSA) is 29.5 Å². The van der Waals surface area contributed by atoms with E-state index in [9.17, 15) is 4.79 Å². The van der Waals surface area contributed by atoms with E-state index in [1.54, 1.807) is 13.2 Å². The van der Waals surface area contributed by atoms with Crippen LogP contribution in [-0.2, 0) is 4.74 Å². The fourth-order valence-corrected chi connectivity index (χ4v) is 1.78. The van der Waals surface area contributed by atoms with E-state index in [0.29, 0.717) is 17.2 Å². The normalized spacial score (nSPS) is 10.2. The smallest absolute Gasteiger partial charge is 0.153 e. The number of anilines is 1. The second-order valence-corrected chi connectivity index (χ2v) is 3.77. The van der Waals surface area contributed by atoms with Crippen LogP contribution in [0.5, 0.6) is 0 Å². The first-order valence-corrected chi connectivity index (χ1v) is 5.60. The van der Waals surface area contributed by atoms with E-state index in [1.807, 2.05) is 19.1 Å². The van der Waals surface area contributed by atoms with Crippen molar-refractivity contribution in [1.82, 2.24) is 0 Å². The summed E-state index contributed by atoms with van der Waals surface area (Å²) in [6.45, 7) is 4.21. The summed E-state index contributed by atoms with van der Waals surface area (Å²) >= 11 is 5.98. The number of hydrogen-bond donors (Lipinski definition) is 0. The van der Waals surface area contributed by atoms with Crippen LogP contribution >= 0.6 is 11.6 Å². The zero-order valence-electron chi connectivity index (χ0n) is 9.57. The number of ether oxygens (including phenoxy) is 1. The highest BCUT2D eigenvalue weighted by atomic mass is 35.5. The van der Waals surface area contributed by atoms with Gasteiger partial charge >= 0.3 is 0 Å². The molecular weight excluding hydrogens is 226 g/mol. The summed E-state index contributed by atoms with van der Waals surface area (Å²) in [5.74, 6) is 0. The van der Waals surface area contributed by atoms with Crippen LogP contribution in [0.1, 0.15) is 17.3 Å². The van der Waals surface area contributed by atoms with Gasteiger partial charge in [-0.05, 0) is 19.1 Å². The molecule has 1 rings (SSSR count). The van der Waals surface area contributed by atoms with E-state index in [2.05, 4.69) is 4.90 Å². The van der Waals surface area contributed by atoms with Crippen molar-refractivity contribution in [2.75, 3.05) is 31.7 Å². The Morgan fingerprint density at radius 3 is 2.81 bits per heavy atom. The van der Waals surface area contributed by atoms with E-state index < -0.39 is 0 Å². The Kier molecular flexibility index (Phi) is 5.29. The molecular formula is C12H16ClNO2. The zero-order chi connectivity index (χ0) is 12.0. The third kappa shape index (κ3) is 2.97. The number of nitrogens with zero attached hydrogens (tertiary/aromatic N) is 1. The molecule has 0 aromatic heterocycles. The third-order valence-corrected chi connectivity index (χ3v) is 2.77. The molecule has 0 unspecified atom stereocenters. The zero-order valence-corrected chi connectivity index (χ0v) is 10.3. The second-order valence-electron chi connectivity index (χ2n) is 3.36. The van der Waals surface area contributed by atoms with Gasteiger partial charge in [-0.2, -0.15) is 0 Å². The average Bonchev–Trinajstić information content (AvgIpc) is 2.30. The Labute approximate surface area is 101 Å². The fourth-order valence-electron chi connectivity index (χ4n) is 1.57. The fraction of sp³-hybridized carbons (Fsp3) is 0.417. The highest BCUT2D eigenvalue weighted by Crippen LogP contribution is 2.25. The Balaban J connectivity index is 2.99. The van der Waals surface area contributed by atoms with E-state index in [-0.39, 0.29) is 0 Å². The lowest BCUT2D eigenvalue weighted by atomic mass is 10.1. The molecule has 0 aliphatic carbocycles. The SMILES string of the molecule is CCN(CCOC)c1cccc(Cl)c1C=O. The van der Waals surface area contributed by atoms with Crippen LogP contribution in [0.3, 0.4) is 0 Å². The minimum absolute atomic E-state index is 0.489. The van der Waals surface area contributed by atoms with Gasteiger partial charge in [0.1, 0.15) is 0 Å². The molecule has 0 saturated carbocycles. The molecule has 3 nitrogen and oxygen atoms in total. The largest absolute Gasteiger partial charge is 0.383 e. The Morgan fingerprint density at radius 2 is 2.25 bits per heavy atom. The number of methoxy groups -OCH3 is 1. The van der Waals surface area contributed by atoms with Crippen LogP contribution in [0, 0.1) is 0 Å². The lowest BCUT2D eigenvalue weighted by molar-refractivity contribution is 0.112. The molecule has 0 atom stereocenters. The predicted octanol–water partition coefficient (Wildman–Crippen LogP) is 2.63.